The number of fused-ring (bicyclic) bond motifs is 2. The number of benzene rings is 2. The first-order chi connectivity index (χ1) is 15.7. The Hall–Kier alpha value is -2.82. The lowest BCUT2D eigenvalue weighted by molar-refractivity contribution is -0.143. The van der Waals surface area contributed by atoms with E-state index >= 15 is 0 Å². The molecule has 170 valence electrons. The zero-order valence-electron chi connectivity index (χ0n) is 19.1. The predicted octanol–water partition coefficient (Wildman–Crippen LogP) is 4.81. The second-order valence-corrected chi connectivity index (χ2v) is 8.63. The maximum Gasteiger partial charge on any atom is 0.306 e. The fourth-order valence-electron chi connectivity index (χ4n) is 4.67. The van der Waals surface area contributed by atoms with Crippen molar-refractivity contribution >= 4 is 11.8 Å². The lowest BCUT2D eigenvalue weighted by Gasteiger charge is -2.17. The van der Waals surface area contributed by atoms with Crippen molar-refractivity contribution in [2.75, 3.05) is 26.3 Å². The van der Waals surface area contributed by atoms with E-state index in [9.17, 15) is 4.79 Å². The molecule has 4 rings (SSSR count). The molecule has 0 fully saturated rings. The normalized spacial score (nSPS) is 17.4. The molecule has 5 nitrogen and oxygen atoms in total. The first-order valence-corrected chi connectivity index (χ1v) is 12.0. The molecule has 1 aliphatic carbocycles. The van der Waals surface area contributed by atoms with Gasteiger partial charge in [0.25, 0.3) is 0 Å². The second-order valence-electron chi connectivity index (χ2n) is 8.63. The van der Waals surface area contributed by atoms with Gasteiger partial charge in [0.05, 0.1) is 25.5 Å². The first kappa shape index (κ1) is 22.4. The molecule has 1 heterocycles. The van der Waals surface area contributed by atoms with Crippen LogP contribution in [0.3, 0.4) is 0 Å². The van der Waals surface area contributed by atoms with Gasteiger partial charge in [0.1, 0.15) is 5.75 Å². The third-order valence-electron chi connectivity index (χ3n) is 6.28. The minimum absolute atomic E-state index is 0.122. The third kappa shape index (κ3) is 5.90. The Morgan fingerprint density at radius 3 is 2.88 bits per heavy atom. The van der Waals surface area contributed by atoms with Gasteiger partial charge in [-0.2, -0.15) is 0 Å². The number of carbonyl (C=O) groups is 1. The van der Waals surface area contributed by atoms with Gasteiger partial charge < -0.3 is 14.8 Å². The Morgan fingerprint density at radius 2 is 2.03 bits per heavy atom. The largest absolute Gasteiger partial charge is 0.494 e. The lowest BCUT2D eigenvalue weighted by atomic mass is 9.89. The van der Waals surface area contributed by atoms with E-state index in [1.807, 2.05) is 6.92 Å². The van der Waals surface area contributed by atoms with Crippen LogP contribution in [-0.4, -0.2) is 38.1 Å². The molecule has 0 aromatic heterocycles. The molecule has 5 heteroatoms. The smallest absolute Gasteiger partial charge is 0.306 e. The first-order valence-electron chi connectivity index (χ1n) is 12.0. The van der Waals surface area contributed by atoms with Gasteiger partial charge in [-0.1, -0.05) is 30.3 Å². The van der Waals surface area contributed by atoms with Crippen LogP contribution in [0.1, 0.15) is 67.2 Å². The number of esters is 1. The van der Waals surface area contributed by atoms with Crippen molar-refractivity contribution in [2.45, 2.75) is 57.8 Å². The van der Waals surface area contributed by atoms with Crippen LogP contribution in [-0.2, 0) is 22.4 Å². The number of nitrogens with one attached hydrogen (secondary N) is 1. The molecular formula is C27H34N2O3. The third-order valence-corrected chi connectivity index (χ3v) is 6.28. The zero-order chi connectivity index (χ0) is 22.2. The molecule has 2 aliphatic rings. The van der Waals surface area contributed by atoms with Crippen molar-refractivity contribution in [3.05, 3.63) is 64.7 Å². The van der Waals surface area contributed by atoms with Crippen molar-refractivity contribution in [1.29, 1.82) is 0 Å². The number of nitrogens with zero attached hydrogens (tertiary/aromatic N) is 1. The quantitative estimate of drug-likeness (QED) is 0.478. The lowest BCUT2D eigenvalue weighted by Crippen LogP contribution is -2.27. The summed E-state index contributed by atoms with van der Waals surface area (Å²) in [6.07, 6.45) is 6.59. The van der Waals surface area contributed by atoms with Crippen molar-refractivity contribution < 1.29 is 14.3 Å². The van der Waals surface area contributed by atoms with E-state index in [1.165, 1.54) is 35.1 Å². The molecule has 0 saturated carbocycles. The molecule has 1 aliphatic heterocycles. The summed E-state index contributed by atoms with van der Waals surface area (Å²) >= 11 is 0. The fraction of sp³-hybridized carbons (Fsp3) is 0.481. The van der Waals surface area contributed by atoms with Crippen LogP contribution in [0.4, 0.5) is 0 Å². The number of rotatable bonds is 8. The molecule has 0 amide bonds. The zero-order valence-corrected chi connectivity index (χ0v) is 19.1. The van der Waals surface area contributed by atoms with E-state index in [1.54, 1.807) is 0 Å². The van der Waals surface area contributed by atoms with Crippen molar-refractivity contribution in [2.24, 2.45) is 4.99 Å². The highest BCUT2D eigenvalue weighted by Crippen LogP contribution is 2.35. The Balaban J connectivity index is 1.38. The Morgan fingerprint density at radius 1 is 1.12 bits per heavy atom. The highest BCUT2D eigenvalue weighted by atomic mass is 16.5. The van der Waals surface area contributed by atoms with E-state index in [-0.39, 0.29) is 11.9 Å². The minimum Gasteiger partial charge on any atom is -0.494 e. The van der Waals surface area contributed by atoms with Crippen molar-refractivity contribution in [3.8, 4) is 5.75 Å². The summed E-state index contributed by atoms with van der Waals surface area (Å²) in [6, 6.07) is 14.9. The number of carbonyl (C=O) groups excluding carboxylic acids is 1. The molecule has 32 heavy (non-hydrogen) atoms. The molecule has 2 aromatic rings. The summed E-state index contributed by atoms with van der Waals surface area (Å²) in [7, 11) is 0. The molecule has 0 saturated heterocycles. The summed E-state index contributed by atoms with van der Waals surface area (Å²) in [5, 5.41) is 3.44. The van der Waals surface area contributed by atoms with Gasteiger partial charge in [-0.25, -0.2) is 0 Å². The van der Waals surface area contributed by atoms with Gasteiger partial charge >= 0.3 is 5.97 Å². The number of aliphatic imine (C=N–C) groups is 1. The minimum atomic E-state index is -0.122. The maximum atomic E-state index is 12.2. The van der Waals surface area contributed by atoms with E-state index in [4.69, 9.17) is 9.47 Å². The standard InChI is InChI=1S/C27H34N2O3/c1-2-31-27(30)19-23-16-20-11-12-24(18-22(20)17-21-8-3-4-9-25(21)23)32-15-7-14-29-26-10-5-6-13-28-26/h3-4,8-9,11-12,18,23H,2,5-7,10,13-17,19H2,1H3,(H,28,29). The van der Waals surface area contributed by atoms with E-state index in [0.717, 1.165) is 50.4 Å². The highest BCUT2D eigenvalue weighted by molar-refractivity contribution is 5.82. The van der Waals surface area contributed by atoms with Gasteiger partial charge in [0, 0.05) is 19.5 Å². The van der Waals surface area contributed by atoms with Crippen LogP contribution in [0.25, 0.3) is 0 Å². The number of hydrogen-bond donors (Lipinski definition) is 1. The average Bonchev–Trinajstić information content (AvgIpc) is 2.96. The molecule has 1 atom stereocenters. The molecule has 1 unspecified atom stereocenters. The Bertz CT molecular complexity index is 954. The monoisotopic (exact) mass is 434 g/mol. The van der Waals surface area contributed by atoms with Crippen molar-refractivity contribution in [3.63, 3.8) is 0 Å². The number of hydrogen-bond acceptors (Lipinski definition) is 5. The van der Waals surface area contributed by atoms with Gasteiger partial charge in [-0.3, -0.25) is 9.79 Å². The summed E-state index contributed by atoms with van der Waals surface area (Å²) in [4.78, 5) is 16.7. The molecule has 1 N–H and O–H groups in total. The number of amidine groups is 1. The van der Waals surface area contributed by atoms with E-state index in [0.29, 0.717) is 19.6 Å². The topological polar surface area (TPSA) is 59.9 Å². The van der Waals surface area contributed by atoms with Crippen LogP contribution >= 0.6 is 0 Å². The van der Waals surface area contributed by atoms with Crippen LogP contribution in [0.15, 0.2) is 47.5 Å². The van der Waals surface area contributed by atoms with Crippen LogP contribution in [0.5, 0.6) is 5.75 Å². The van der Waals surface area contributed by atoms with Gasteiger partial charge in [0.15, 0.2) is 0 Å². The van der Waals surface area contributed by atoms with Crippen LogP contribution < -0.4 is 10.1 Å². The molecule has 0 bridgehead atoms. The van der Waals surface area contributed by atoms with Crippen LogP contribution in [0.2, 0.25) is 0 Å². The Kier molecular flexibility index (Phi) is 7.81. The highest BCUT2D eigenvalue weighted by Gasteiger charge is 2.24. The molecule has 0 radical (unpaired) electrons. The summed E-state index contributed by atoms with van der Waals surface area (Å²) < 4.78 is 11.3. The second kappa shape index (κ2) is 11.2. The van der Waals surface area contributed by atoms with Crippen LogP contribution in [0, 0.1) is 0 Å². The average molecular weight is 435 g/mol. The van der Waals surface area contributed by atoms with Gasteiger partial charge in [-0.15, -0.1) is 0 Å². The van der Waals surface area contributed by atoms with Crippen molar-refractivity contribution in [1.82, 2.24) is 5.32 Å². The van der Waals surface area contributed by atoms with E-state index in [2.05, 4.69) is 52.8 Å². The molecule has 0 spiro atoms. The maximum absolute atomic E-state index is 12.2. The fourth-order valence-corrected chi connectivity index (χ4v) is 4.67. The summed E-state index contributed by atoms with van der Waals surface area (Å²) in [5.41, 5.74) is 5.13. The molecular weight excluding hydrogens is 400 g/mol. The number of ether oxygens (including phenoxy) is 2. The SMILES string of the molecule is CCOC(=O)CC1Cc2ccc(OCCCNC3=NCCCC3)cc2Cc2ccccc21. The summed E-state index contributed by atoms with van der Waals surface area (Å²) in [5.74, 6) is 2.09. The van der Waals surface area contributed by atoms with Gasteiger partial charge in [0.2, 0.25) is 0 Å². The Labute approximate surface area is 191 Å². The predicted molar refractivity (Wildman–Crippen MR) is 128 cm³/mol. The molecule has 2 aromatic carbocycles. The van der Waals surface area contributed by atoms with E-state index < -0.39 is 0 Å². The summed E-state index contributed by atoms with van der Waals surface area (Å²) in [6.45, 7) is 4.82. The van der Waals surface area contributed by atoms with Gasteiger partial charge in [-0.05, 0) is 79.3 Å².